The van der Waals surface area contributed by atoms with Gasteiger partial charge in [-0.2, -0.15) is 0 Å². The second kappa shape index (κ2) is 11.3. The highest BCUT2D eigenvalue weighted by molar-refractivity contribution is 7.46. The van der Waals surface area contributed by atoms with Crippen LogP contribution in [-0.4, -0.2) is 44.8 Å². The van der Waals surface area contributed by atoms with Gasteiger partial charge in [-0.1, -0.05) is 22.9 Å². The van der Waals surface area contributed by atoms with Crippen LogP contribution in [0.15, 0.2) is 30.3 Å². The summed E-state index contributed by atoms with van der Waals surface area (Å²) in [4.78, 5) is 17.7. The van der Waals surface area contributed by atoms with Gasteiger partial charge in [0.05, 0.1) is 23.3 Å². The summed E-state index contributed by atoms with van der Waals surface area (Å²) < 4.78 is 41.3. The summed E-state index contributed by atoms with van der Waals surface area (Å²) in [6, 6.07) is 7.26. The van der Waals surface area contributed by atoms with Crippen molar-refractivity contribution in [3.63, 3.8) is 0 Å². The van der Waals surface area contributed by atoms with Crippen molar-refractivity contribution in [1.82, 2.24) is 10.2 Å². The van der Waals surface area contributed by atoms with E-state index < -0.39 is 25.8 Å². The standard InChI is InChI=1S/C22H26ClFN3O6PS/c1-11(2)32-19-6-5-14(7-12(19)3)21-26-27-22(35-21)15-8-17(24)20(9-16(15)23)31-10-18(25)13(4)33-34(28,29)30/h5-9,11,13,18H,10,25H2,1-4H3,(H2,28,29,30)/t13-,18-/m1/s1. The number of nitrogens with zero attached hydrogens (tertiary/aromatic N) is 2. The predicted molar refractivity (Wildman–Crippen MR) is 132 cm³/mol. The van der Waals surface area contributed by atoms with Crippen molar-refractivity contribution >= 4 is 30.8 Å². The lowest BCUT2D eigenvalue weighted by Crippen LogP contribution is -2.39. The molecule has 3 rings (SSSR count). The molecule has 190 valence electrons. The van der Waals surface area contributed by atoms with Crippen molar-refractivity contribution in [1.29, 1.82) is 0 Å². The summed E-state index contributed by atoms with van der Waals surface area (Å²) in [7, 11) is -4.71. The van der Waals surface area contributed by atoms with E-state index in [-0.39, 0.29) is 23.5 Å². The number of aromatic nitrogens is 2. The number of hydrogen-bond acceptors (Lipinski definition) is 8. The average Bonchev–Trinajstić information content (AvgIpc) is 3.23. The zero-order valence-corrected chi connectivity index (χ0v) is 21.9. The van der Waals surface area contributed by atoms with Gasteiger partial charge in [0.1, 0.15) is 22.4 Å². The van der Waals surface area contributed by atoms with Crippen LogP contribution in [0.25, 0.3) is 21.1 Å². The number of ether oxygens (including phenoxy) is 2. The minimum atomic E-state index is -4.71. The summed E-state index contributed by atoms with van der Waals surface area (Å²) in [6.45, 7) is 6.98. The predicted octanol–water partition coefficient (Wildman–Crippen LogP) is 4.96. The molecular weight excluding hydrogens is 520 g/mol. The summed E-state index contributed by atoms with van der Waals surface area (Å²) >= 11 is 7.63. The molecule has 2 atom stereocenters. The highest BCUT2D eigenvalue weighted by Gasteiger charge is 2.25. The molecule has 13 heteroatoms. The van der Waals surface area contributed by atoms with Crippen LogP contribution in [0, 0.1) is 12.7 Å². The van der Waals surface area contributed by atoms with Crippen LogP contribution >= 0.6 is 30.8 Å². The minimum absolute atomic E-state index is 0.0591. The maximum Gasteiger partial charge on any atom is 0.469 e. The van der Waals surface area contributed by atoms with Crippen LogP contribution in [0.1, 0.15) is 26.3 Å². The highest BCUT2D eigenvalue weighted by atomic mass is 35.5. The van der Waals surface area contributed by atoms with E-state index in [2.05, 4.69) is 14.7 Å². The normalized spacial score (nSPS) is 13.7. The van der Waals surface area contributed by atoms with Gasteiger partial charge < -0.3 is 25.0 Å². The van der Waals surface area contributed by atoms with E-state index in [1.54, 1.807) is 0 Å². The van der Waals surface area contributed by atoms with Crippen molar-refractivity contribution in [2.24, 2.45) is 5.73 Å². The number of phosphoric ester groups is 1. The first-order valence-electron chi connectivity index (χ1n) is 10.6. The molecule has 0 aliphatic heterocycles. The maximum absolute atomic E-state index is 14.7. The van der Waals surface area contributed by atoms with Gasteiger partial charge in [0.2, 0.25) is 0 Å². The lowest BCUT2D eigenvalue weighted by Gasteiger charge is -2.21. The molecule has 0 amide bonds. The van der Waals surface area contributed by atoms with Crippen molar-refractivity contribution < 1.29 is 32.7 Å². The molecule has 0 aliphatic carbocycles. The molecule has 9 nitrogen and oxygen atoms in total. The van der Waals surface area contributed by atoms with Gasteiger partial charge in [0, 0.05) is 17.2 Å². The molecular formula is C22H26ClFN3O6PS. The Balaban J connectivity index is 1.75. The van der Waals surface area contributed by atoms with E-state index in [0.717, 1.165) is 16.9 Å². The molecule has 1 heterocycles. The van der Waals surface area contributed by atoms with E-state index in [4.69, 9.17) is 36.6 Å². The topological polar surface area (TPSA) is 137 Å². The Labute approximate surface area is 211 Å². The summed E-state index contributed by atoms with van der Waals surface area (Å²) in [6.07, 6.45) is -0.966. The first-order chi connectivity index (χ1) is 16.3. The highest BCUT2D eigenvalue weighted by Crippen LogP contribution is 2.39. The van der Waals surface area contributed by atoms with E-state index in [0.29, 0.717) is 15.6 Å². The first-order valence-corrected chi connectivity index (χ1v) is 13.3. The van der Waals surface area contributed by atoms with Crippen molar-refractivity contribution in [2.75, 3.05) is 6.61 Å². The fraction of sp³-hybridized carbons (Fsp3) is 0.364. The number of halogens is 2. The van der Waals surface area contributed by atoms with Crippen LogP contribution < -0.4 is 15.2 Å². The van der Waals surface area contributed by atoms with Crippen LogP contribution in [-0.2, 0) is 9.09 Å². The van der Waals surface area contributed by atoms with Gasteiger partial charge in [0.25, 0.3) is 0 Å². The van der Waals surface area contributed by atoms with Gasteiger partial charge in [-0.05, 0) is 57.5 Å². The Hall–Kier alpha value is -2.11. The van der Waals surface area contributed by atoms with E-state index in [1.165, 1.54) is 30.4 Å². The zero-order valence-electron chi connectivity index (χ0n) is 19.4. The Kier molecular flexibility index (Phi) is 8.87. The van der Waals surface area contributed by atoms with Crippen LogP contribution in [0.4, 0.5) is 4.39 Å². The molecule has 0 fully saturated rings. The number of benzene rings is 2. The van der Waals surface area contributed by atoms with Crippen molar-refractivity contribution in [3.8, 4) is 32.6 Å². The summed E-state index contributed by atoms with van der Waals surface area (Å²) in [5, 5.41) is 9.63. The molecule has 35 heavy (non-hydrogen) atoms. The number of nitrogens with two attached hydrogens (primary N) is 1. The quantitative estimate of drug-likeness (QED) is 0.302. The Morgan fingerprint density at radius 1 is 1.14 bits per heavy atom. The zero-order chi connectivity index (χ0) is 25.9. The molecule has 0 saturated heterocycles. The van der Waals surface area contributed by atoms with E-state index in [9.17, 15) is 8.96 Å². The average molecular weight is 546 g/mol. The molecule has 0 spiro atoms. The van der Waals surface area contributed by atoms with Gasteiger partial charge >= 0.3 is 7.82 Å². The lowest BCUT2D eigenvalue weighted by molar-refractivity contribution is 0.106. The monoisotopic (exact) mass is 545 g/mol. The fourth-order valence-electron chi connectivity index (χ4n) is 3.04. The largest absolute Gasteiger partial charge is 0.491 e. The van der Waals surface area contributed by atoms with Gasteiger partial charge in [0.15, 0.2) is 11.6 Å². The Bertz CT molecular complexity index is 1240. The van der Waals surface area contributed by atoms with Crippen LogP contribution in [0.5, 0.6) is 11.5 Å². The fourth-order valence-corrected chi connectivity index (χ4v) is 4.80. The Morgan fingerprint density at radius 3 is 2.46 bits per heavy atom. The third kappa shape index (κ3) is 7.44. The first kappa shape index (κ1) is 27.5. The summed E-state index contributed by atoms with van der Waals surface area (Å²) in [5.74, 6) is -0.0850. The number of phosphoric acid groups is 1. The number of rotatable bonds is 10. The Morgan fingerprint density at radius 2 is 1.83 bits per heavy atom. The SMILES string of the molecule is Cc1cc(-c2nnc(-c3cc(F)c(OC[C@@H](N)[C@@H](C)OP(=O)(O)O)cc3Cl)s2)ccc1OC(C)C. The second-order valence-corrected chi connectivity index (χ2v) is 10.7. The van der Waals surface area contributed by atoms with Crippen LogP contribution in [0.3, 0.4) is 0 Å². The molecule has 2 aromatic carbocycles. The molecule has 0 saturated carbocycles. The molecule has 3 aromatic rings. The van der Waals surface area contributed by atoms with Crippen LogP contribution in [0.2, 0.25) is 5.02 Å². The number of aryl methyl sites for hydroxylation is 1. The molecule has 0 radical (unpaired) electrons. The molecule has 0 unspecified atom stereocenters. The van der Waals surface area contributed by atoms with Gasteiger partial charge in [-0.3, -0.25) is 4.52 Å². The minimum Gasteiger partial charge on any atom is -0.491 e. The third-order valence-corrected chi connectivity index (χ3v) is 6.72. The number of hydrogen-bond donors (Lipinski definition) is 3. The molecule has 1 aromatic heterocycles. The van der Waals surface area contributed by atoms with E-state index in [1.807, 2.05) is 39.0 Å². The van der Waals surface area contributed by atoms with Gasteiger partial charge in [-0.15, -0.1) is 10.2 Å². The smallest absolute Gasteiger partial charge is 0.469 e. The molecule has 4 N–H and O–H groups in total. The van der Waals surface area contributed by atoms with Crippen molar-refractivity contribution in [2.45, 2.75) is 45.9 Å². The second-order valence-electron chi connectivity index (χ2n) is 8.10. The maximum atomic E-state index is 14.7. The summed E-state index contributed by atoms with van der Waals surface area (Å²) in [5.41, 5.74) is 7.96. The molecule has 0 aliphatic rings. The van der Waals surface area contributed by atoms with Gasteiger partial charge in [-0.25, -0.2) is 8.96 Å². The van der Waals surface area contributed by atoms with Crippen molar-refractivity contribution in [3.05, 3.63) is 46.7 Å². The molecule has 0 bridgehead atoms. The van der Waals surface area contributed by atoms with E-state index >= 15 is 0 Å². The third-order valence-electron chi connectivity index (χ3n) is 4.80. The lowest BCUT2D eigenvalue weighted by atomic mass is 10.1.